The Morgan fingerprint density at radius 2 is 2.17 bits per heavy atom. The van der Waals surface area contributed by atoms with Crippen LogP contribution in [0.1, 0.15) is 52.0 Å². The second kappa shape index (κ2) is 9.56. The molecule has 2 aliphatic rings. The van der Waals surface area contributed by atoms with E-state index in [-0.39, 0.29) is 17.6 Å². The van der Waals surface area contributed by atoms with Gasteiger partial charge in [0.15, 0.2) is 0 Å². The molecule has 1 heterocycles. The molecule has 30 heavy (non-hydrogen) atoms. The van der Waals surface area contributed by atoms with Crippen LogP contribution in [0.15, 0.2) is 46.6 Å². The maximum Gasteiger partial charge on any atom is 0.127 e. The third-order valence-corrected chi connectivity index (χ3v) is 7.37. The van der Waals surface area contributed by atoms with E-state index in [1.807, 2.05) is 18.2 Å². The van der Waals surface area contributed by atoms with Gasteiger partial charge < -0.3 is 15.8 Å². The molecule has 0 radical (unpaired) electrons. The van der Waals surface area contributed by atoms with E-state index in [1.54, 1.807) is 0 Å². The van der Waals surface area contributed by atoms with Crippen LogP contribution in [0.25, 0.3) is 0 Å². The summed E-state index contributed by atoms with van der Waals surface area (Å²) in [5.41, 5.74) is 8.91. The number of halogens is 1. The number of allylic oxidation sites excluding steroid dienone is 1. The van der Waals surface area contributed by atoms with Gasteiger partial charge in [-0.1, -0.05) is 18.2 Å². The number of benzene rings is 1. The van der Waals surface area contributed by atoms with Crippen molar-refractivity contribution in [2.75, 3.05) is 11.1 Å². The number of nitrogens with one attached hydrogen (secondary N) is 1. The Balaban J connectivity index is 1.90. The van der Waals surface area contributed by atoms with Crippen LogP contribution in [-0.4, -0.2) is 27.4 Å². The Labute approximate surface area is 187 Å². The maximum atomic E-state index is 12.5. The SMILES string of the molecule is C=COC1CCC(/C(N)=C/C(=NC(C)(C)C)Nc2ccc(Cl)c3c2CCCS3=O)C1. The number of aliphatic imine (C=N–C) groups is 1. The van der Waals surface area contributed by atoms with Crippen LogP contribution >= 0.6 is 11.6 Å². The number of rotatable bonds is 5. The van der Waals surface area contributed by atoms with Gasteiger partial charge in [0.25, 0.3) is 0 Å². The first kappa shape index (κ1) is 22.9. The summed E-state index contributed by atoms with van der Waals surface area (Å²) in [7, 11) is -1.06. The molecule has 0 saturated heterocycles. The van der Waals surface area contributed by atoms with Crippen molar-refractivity contribution in [3.05, 3.63) is 47.3 Å². The zero-order valence-electron chi connectivity index (χ0n) is 18.0. The zero-order chi connectivity index (χ0) is 21.9. The Morgan fingerprint density at radius 3 is 2.87 bits per heavy atom. The highest BCUT2D eigenvalue weighted by atomic mass is 35.5. The normalized spacial score (nSPS) is 25.0. The van der Waals surface area contributed by atoms with Crippen LogP contribution in [0.3, 0.4) is 0 Å². The molecule has 3 N–H and O–H groups in total. The van der Waals surface area contributed by atoms with E-state index >= 15 is 0 Å². The van der Waals surface area contributed by atoms with Gasteiger partial charge in [0.2, 0.25) is 0 Å². The molecule has 1 saturated carbocycles. The van der Waals surface area contributed by atoms with Crippen molar-refractivity contribution in [1.29, 1.82) is 0 Å². The summed E-state index contributed by atoms with van der Waals surface area (Å²) in [6, 6.07) is 3.75. The van der Waals surface area contributed by atoms with Gasteiger partial charge >= 0.3 is 0 Å². The highest BCUT2D eigenvalue weighted by Crippen LogP contribution is 2.35. The molecule has 1 aromatic carbocycles. The lowest BCUT2D eigenvalue weighted by Crippen LogP contribution is -2.23. The molecule has 3 unspecified atom stereocenters. The third kappa shape index (κ3) is 5.67. The van der Waals surface area contributed by atoms with Crippen molar-refractivity contribution in [2.24, 2.45) is 16.6 Å². The van der Waals surface area contributed by atoms with Gasteiger partial charge in [-0.25, -0.2) is 0 Å². The number of nitrogens with two attached hydrogens (primary N) is 1. The quantitative estimate of drug-likeness (QED) is 0.369. The van der Waals surface area contributed by atoms with Crippen LogP contribution in [0.5, 0.6) is 0 Å². The minimum Gasteiger partial charge on any atom is -0.499 e. The summed E-state index contributed by atoms with van der Waals surface area (Å²) in [6.07, 6.45) is 8.18. The molecule has 0 amide bonds. The predicted molar refractivity (Wildman–Crippen MR) is 127 cm³/mol. The molecule has 5 nitrogen and oxygen atoms in total. The van der Waals surface area contributed by atoms with E-state index in [1.165, 1.54) is 6.26 Å². The molecule has 0 spiro atoms. The number of anilines is 1. The summed E-state index contributed by atoms with van der Waals surface area (Å²) in [6.45, 7) is 9.80. The lowest BCUT2D eigenvalue weighted by molar-refractivity contribution is 0.149. The van der Waals surface area contributed by atoms with Crippen molar-refractivity contribution in [3.8, 4) is 0 Å². The number of nitrogens with zero attached hydrogens (tertiary/aromatic N) is 1. The molecular formula is C23H32ClN3O2S. The minimum atomic E-state index is -1.06. The predicted octanol–water partition coefficient (Wildman–Crippen LogP) is 5.17. The van der Waals surface area contributed by atoms with Gasteiger partial charge in [-0.15, -0.1) is 0 Å². The first-order valence-electron chi connectivity index (χ1n) is 10.5. The summed E-state index contributed by atoms with van der Waals surface area (Å²) in [5.74, 6) is 1.62. The molecule has 0 bridgehead atoms. The van der Waals surface area contributed by atoms with Gasteiger partial charge in [-0.3, -0.25) is 9.20 Å². The number of hydrogen-bond acceptors (Lipinski definition) is 4. The summed E-state index contributed by atoms with van der Waals surface area (Å²) < 4.78 is 18.1. The van der Waals surface area contributed by atoms with Gasteiger partial charge in [-0.05, 0) is 76.6 Å². The Kier molecular flexibility index (Phi) is 7.30. The van der Waals surface area contributed by atoms with Crippen LogP contribution in [0.4, 0.5) is 5.69 Å². The van der Waals surface area contributed by atoms with Gasteiger partial charge in [0.1, 0.15) is 5.84 Å². The summed E-state index contributed by atoms with van der Waals surface area (Å²) in [5, 5.41) is 4.02. The largest absolute Gasteiger partial charge is 0.499 e. The van der Waals surface area contributed by atoms with E-state index in [0.29, 0.717) is 16.6 Å². The molecule has 7 heteroatoms. The van der Waals surface area contributed by atoms with Crippen molar-refractivity contribution in [1.82, 2.24) is 0 Å². The van der Waals surface area contributed by atoms with E-state index in [2.05, 4.69) is 32.7 Å². The fourth-order valence-corrected chi connectivity index (χ4v) is 5.88. The first-order chi connectivity index (χ1) is 14.2. The molecule has 0 aromatic heterocycles. The molecule has 1 aromatic rings. The summed E-state index contributed by atoms with van der Waals surface area (Å²) in [4.78, 5) is 5.60. The Hall–Kier alpha value is -1.79. The van der Waals surface area contributed by atoms with Gasteiger partial charge in [0.05, 0.1) is 38.6 Å². The van der Waals surface area contributed by atoms with Crippen LogP contribution in [0.2, 0.25) is 5.02 Å². The fraction of sp³-hybridized carbons (Fsp3) is 0.522. The number of fused-ring (bicyclic) bond motifs is 1. The molecule has 1 aliphatic carbocycles. The maximum absolute atomic E-state index is 12.5. The van der Waals surface area contributed by atoms with E-state index < -0.39 is 10.8 Å². The Morgan fingerprint density at radius 1 is 1.40 bits per heavy atom. The van der Waals surface area contributed by atoms with Gasteiger partial charge in [-0.2, -0.15) is 0 Å². The highest BCUT2D eigenvalue weighted by Gasteiger charge is 2.28. The van der Waals surface area contributed by atoms with Gasteiger partial charge in [0, 0.05) is 23.1 Å². The van der Waals surface area contributed by atoms with Crippen LogP contribution < -0.4 is 11.1 Å². The van der Waals surface area contributed by atoms with Crippen molar-refractivity contribution < 1.29 is 8.95 Å². The molecule has 3 atom stereocenters. The molecule has 1 aliphatic heterocycles. The molecular weight excluding hydrogens is 418 g/mol. The first-order valence-corrected chi connectivity index (χ1v) is 12.2. The average Bonchev–Trinajstić information content (AvgIpc) is 3.12. The number of amidine groups is 1. The number of hydrogen-bond donors (Lipinski definition) is 2. The van der Waals surface area contributed by atoms with Crippen LogP contribution in [0, 0.1) is 5.92 Å². The van der Waals surface area contributed by atoms with Crippen molar-refractivity contribution in [3.63, 3.8) is 0 Å². The smallest absolute Gasteiger partial charge is 0.127 e. The lowest BCUT2D eigenvalue weighted by atomic mass is 10.0. The highest BCUT2D eigenvalue weighted by molar-refractivity contribution is 7.85. The van der Waals surface area contributed by atoms with Crippen molar-refractivity contribution in [2.45, 2.75) is 69.4 Å². The second-order valence-corrected chi connectivity index (χ2v) is 10.8. The van der Waals surface area contributed by atoms with E-state index in [0.717, 1.165) is 53.9 Å². The second-order valence-electron chi connectivity index (χ2n) is 8.93. The standard InChI is InChI=1S/C23H32ClN3O2S/c1-5-29-16-9-8-15(13-16)19(25)14-21(27-23(2,3)4)26-20-11-10-18(24)22-17(20)7-6-12-30(22)28/h5,10-11,14-16H,1,6-9,12-13,25H2,2-4H3,(H,26,27)/b19-14-. The molecule has 164 valence electrons. The lowest BCUT2D eigenvalue weighted by Gasteiger charge is -2.23. The molecule has 3 rings (SSSR count). The van der Waals surface area contributed by atoms with E-state index in [4.69, 9.17) is 27.1 Å². The molecule has 1 fully saturated rings. The monoisotopic (exact) mass is 449 g/mol. The minimum absolute atomic E-state index is 0.175. The van der Waals surface area contributed by atoms with Crippen molar-refractivity contribution >= 4 is 33.9 Å². The van der Waals surface area contributed by atoms with E-state index in [9.17, 15) is 4.21 Å². The van der Waals surface area contributed by atoms with Crippen LogP contribution in [-0.2, 0) is 22.0 Å². The summed E-state index contributed by atoms with van der Waals surface area (Å²) >= 11 is 6.36. The Bertz CT molecular complexity index is 889. The number of ether oxygens (including phenoxy) is 1. The fourth-order valence-electron chi connectivity index (χ4n) is 4.07. The third-order valence-electron chi connectivity index (χ3n) is 5.36. The zero-order valence-corrected chi connectivity index (χ0v) is 19.6. The average molecular weight is 450 g/mol. The topological polar surface area (TPSA) is 76.7 Å².